The predicted molar refractivity (Wildman–Crippen MR) is 101 cm³/mol. The minimum absolute atomic E-state index is 0.131. The predicted octanol–water partition coefficient (Wildman–Crippen LogP) is 2.62. The van der Waals surface area contributed by atoms with E-state index in [1.807, 2.05) is 25.1 Å². The number of sulfonamides is 1. The average molecular weight is 376 g/mol. The van der Waals surface area contributed by atoms with Crippen molar-refractivity contribution in [1.82, 2.24) is 10.0 Å². The molecule has 26 heavy (non-hydrogen) atoms. The van der Waals surface area contributed by atoms with Crippen molar-refractivity contribution < 1.29 is 17.9 Å². The van der Waals surface area contributed by atoms with Crippen LogP contribution in [-0.2, 0) is 16.6 Å². The summed E-state index contributed by atoms with van der Waals surface area (Å²) >= 11 is 0. The van der Waals surface area contributed by atoms with Crippen molar-refractivity contribution in [3.05, 3.63) is 59.2 Å². The van der Waals surface area contributed by atoms with Crippen LogP contribution in [0.25, 0.3) is 0 Å². The molecule has 0 saturated carbocycles. The lowest BCUT2D eigenvalue weighted by Gasteiger charge is -2.11. The summed E-state index contributed by atoms with van der Waals surface area (Å²) in [5.41, 5.74) is 2.34. The highest BCUT2D eigenvalue weighted by molar-refractivity contribution is 7.89. The molecule has 0 aliphatic rings. The van der Waals surface area contributed by atoms with Crippen molar-refractivity contribution in [3.63, 3.8) is 0 Å². The molecule has 0 aliphatic heterocycles. The van der Waals surface area contributed by atoms with Crippen molar-refractivity contribution in [2.75, 3.05) is 7.11 Å². The molecule has 7 heteroatoms. The quantitative estimate of drug-likeness (QED) is 0.778. The van der Waals surface area contributed by atoms with E-state index in [2.05, 4.69) is 10.0 Å². The number of carbonyl (C=O) groups excluding carboxylic acids is 1. The van der Waals surface area contributed by atoms with Crippen molar-refractivity contribution in [2.45, 2.75) is 38.3 Å². The lowest BCUT2D eigenvalue weighted by Crippen LogP contribution is -2.30. The molecule has 6 nitrogen and oxygen atoms in total. The van der Waals surface area contributed by atoms with Crippen LogP contribution in [-0.4, -0.2) is 27.5 Å². The summed E-state index contributed by atoms with van der Waals surface area (Å²) in [5.74, 6) is 0.495. The van der Waals surface area contributed by atoms with E-state index in [1.165, 1.54) is 24.3 Å². The Labute approximate surface area is 154 Å². The van der Waals surface area contributed by atoms with Crippen molar-refractivity contribution >= 4 is 15.9 Å². The smallest absolute Gasteiger partial charge is 0.251 e. The van der Waals surface area contributed by atoms with Crippen molar-refractivity contribution in [3.8, 4) is 5.75 Å². The summed E-state index contributed by atoms with van der Waals surface area (Å²) in [6.45, 7) is 5.80. The lowest BCUT2D eigenvalue weighted by atomic mass is 10.1. The molecule has 2 aromatic carbocycles. The van der Waals surface area contributed by atoms with Crippen molar-refractivity contribution in [1.29, 1.82) is 0 Å². The molecule has 140 valence electrons. The van der Waals surface area contributed by atoms with Gasteiger partial charge in [-0.25, -0.2) is 13.1 Å². The first-order valence-electron chi connectivity index (χ1n) is 8.27. The fourth-order valence-electron chi connectivity index (χ4n) is 2.42. The van der Waals surface area contributed by atoms with Crippen LogP contribution in [0.4, 0.5) is 0 Å². The SMILES string of the molecule is COc1cc(CNC(=O)c2ccc(S(=O)(=O)NC(C)C)cc2)ccc1C. The number of aryl methyl sites for hydroxylation is 1. The normalized spacial score (nSPS) is 11.4. The molecule has 0 unspecified atom stereocenters. The number of hydrogen-bond acceptors (Lipinski definition) is 4. The first-order valence-corrected chi connectivity index (χ1v) is 9.75. The van der Waals surface area contributed by atoms with Gasteiger partial charge in [0.05, 0.1) is 12.0 Å². The van der Waals surface area contributed by atoms with Gasteiger partial charge in [-0.1, -0.05) is 12.1 Å². The molecule has 0 aliphatic carbocycles. The van der Waals surface area contributed by atoms with Gasteiger partial charge in [-0.05, 0) is 62.2 Å². The first-order chi connectivity index (χ1) is 12.2. The summed E-state index contributed by atoms with van der Waals surface area (Å²) < 4.78 is 32.0. The fraction of sp³-hybridized carbons (Fsp3) is 0.316. The molecule has 0 bridgehead atoms. The van der Waals surface area contributed by atoms with E-state index in [0.29, 0.717) is 12.1 Å². The van der Waals surface area contributed by atoms with Gasteiger partial charge in [0.2, 0.25) is 10.0 Å². The van der Waals surface area contributed by atoms with Crippen LogP contribution in [0.5, 0.6) is 5.75 Å². The third-order valence-electron chi connectivity index (χ3n) is 3.74. The fourth-order valence-corrected chi connectivity index (χ4v) is 3.67. The Morgan fingerprint density at radius 1 is 1.12 bits per heavy atom. The van der Waals surface area contributed by atoms with Gasteiger partial charge in [0.15, 0.2) is 0 Å². The highest BCUT2D eigenvalue weighted by atomic mass is 32.2. The standard InChI is InChI=1S/C19H24N2O4S/c1-13(2)21-26(23,24)17-9-7-16(8-10-17)19(22)20-12-15-6-5-14(3)18(11-15)25-4/h5-11,13,21H,12H2,1-4H3,(H,20,22). The van der Waals surface area contributed by atoms with Gasteiger partial charge in [-0.3, -0.25) is 4.79 Å². The lowest BCUT2D eigenvalue weighted by molar-refractivity contribution is 0.0950. The Morgan fingerprint density at radius 2 is 1.77 bits per heavy atom. The Hall–Kier alpha value is -2.38. The number of amides is 1. The molecule has 0 aromatic heterocycles. The molecule has 0 atom stereocenters. The first kappa shape index (κ1) is 19.9. The molecule has 0 spiro atoms. The van der Waals surface area contributed by atoms with Crippen LogP contribution < -0.4 is 14.8 Å². The molecule has 0 heterocycles. The zero-order valence-electron chi connectivity index (χ0n) is 15.4. The Balaban J connectivity index is 2.04. The summed E-state index contributed by atoms with van der Waals surface area (Å²) in [4.78, 5) is 12.4. The van der Waals surface area contributed by atoms with E-state index in [0.717, 1.165) is 16.9 Å². The second-order valence-corrected chi connectivity index (χ2v) is 8.00. The Kier molecular flexibility index (Phi) is 6.39. The third kappa shape index (κ3) is 5.06. The van der Waals surface area contributed by atoms with Crippen LogP contribution in [0.2, 0.25) is 0 Å². The summed E-state index contributed by atoms with van der Waals surface area (Å²) in [5, 5.41) is 2.82. The molecular weight excluding hydrogens is 352 g/mol. The van der Waals surface area contributed by atoms with Gasteiger partial charge < -0.3 is 10.1 Å². The molecule has 2 aromatic rings. The summed E-state index contributed by atoms with van der Waals surface area (Å²) in [6.07, 6.45) is 0. The number of benzene rings is 2. The molecule has 0 radical (unpaired) electrons. The molecule has 1 amide bonds. The van der Waals surface area contributed by atoms with Crippen LogP contribution in [0, 0.1) is 6.92 Å². The zero-order valence-corrected chi connectivity index (χ0v) is 16.2. The van der Waals surface area contributed by atoms with Gasteiger partial charge in [-0.15, -0.1) is 0 Å². The number of ether oxygens (including phenoxy) is 1. The van der Waals surface area contributed by atoms with Gasteiger partial charge >= 0.3 is 0 Å². The number of carbonyl (C=O) groups is 1. The highest BCUT2D eigenvalue weighted by Crippen LogP contribution is 2.19. The zero-order chi connectivity index (χ0) is 19.3. The molecule has 0 saturated heterocycles. The van der Waals surface area contributed by atoms with Gasteiger partial charge in [0, 0.05) is 18.2 Å². The van der Waals surface area contributed by atoms with Crippen LogP contribution in [0.3, 0.4) is 0 Å². The average Bonchev–Trinajstić information content (AvgIpc) is 2.59. The monoisotopic (exact) mass is 376 g/mol. The highest BCUT2D eigenvalue weighted by Gasteiger charge is 2.16. The number of hydrogen-bond donors (Lipinski definition) is 2. The van der Waals surface area contributed by atoms with Gasteiger partial charge in [-0.2, -0.15) is 0 Å². The van der Waals surface area contributed by atoms with Crippen LogP contribution >= 0.6 is 0 Å². The van der Waals surface area contributed by atoms with Crippen LogP contribution in [0.1, 0.15) is 35.3 Å². The minimum atomic E-state index is -3.56. The number of rotatable bonds is 7. The molecule has 2 N–H and O–H groups in total. The van der Waals surface area contributed by atoms with E-state index in [9.17, 15) is 13.2 Å². The third-order valence-corrected chi connectivity index (χ3v) is 5.42. The maximum Gasteiger partial charge on any atom is 0.251 e. The number of nitrogens with one attached hydrogen (secondary N) is 2. The number of methoxy groups -OCH3 is 1. The van der Waals surface area contributed by atoms with E-state index >= 15 is 0 Å². The Morgan fingerprint density at radius 3 is 2.35 bits per heavy atom. The Bertz CT molecular complexity index is 875. The minimum Gasteiger partial charge on any atom is -0.496 e. The summed E-state index contributed by atoms with van der Waals surface area (Å²) in [6, 6.07) is 11.4. The van der Waals surface area contributed by atoms with Crippen molar-refractivity contribution in [2.24, 2.45) is 0 Å². The second kappa shape index (κ2) is 8.33. The second-order valence-electron chi connectivity index (χ2n) is 6.29. The maximum absolute atomic E-state index is 12.3. The van der Waals surface area contributed by atoms with Gasteiger partial charge in [0.1, 0.15) is 5.75 Å². The van der Waals surface area contributed by atoms with E-state index < -0.39 is 10.0 Å². The molecule has 2 rings (SSSR count). The van der Waals surface area contributed by atoms with Gasteiger partial charge in [0.25, 0.3) is 5.91 Å². The molecule has 0 fully saturated rings. The van der Waals surface area contributed by atoms with Crippen LogP contribution in [0.15, 0.2) is 47.4 Å². The van der Waals surface area contributed by atoms with E-state index in [-0.39, 0.29) is 16.8 Å². The largest absolute Gasteiger partial charge is 0.496 e. The van der Waals surface area contributed by atoms with E-state index in [1.54, 1.807) is 21.0 Å². The maximum atomic E-state index is 12.3. The topological polar surface area (TPSA) is 84.5 Å². The molecular formula is C19H24N2O4S. The summed E-state index contributed by atoms with van der Waals surface area (Å²) in [7, 11) is -1.96. The van der Waals surface area contributed by atoms with E-state index in [4.69, 9.17) is 4.74 Å².